The lowest BCUT2D eigenvalue weighted by Gasteiger charge is -2.20. The van der Waals surface area contributed by atoms with E-state index >= 15 is 0 Å². The number of alkyl halides is 4. The summed E-state index contributed by atoms with van der Waals surface area (Å²) >= 11 is 2.80. The molecule has 0 fully saturated rings. The third kappa shape index (κ3) is 4.08. The van der Waals surface area contributed by atoms with Crippen LogP contribution in [0.4, 0.5) is 13.2 Å². The van der Waals surface area contributed by atoms with E-state index in [4.69, 9.17) is 0 Å². The molecule has 0 rings (SSSR count). The number of halogens is 4. The molecule has 0 spiro atoms. The Labute approximate surface area is 87.4 Å². The average Bonchev–Trinajstić information content (AvgIpc) is 2.11. The Bertz CT molecular complexity index is 229. The van der Waals surface area contributed by atoms with Gasteiger partial charge in [0.2, 0.25) is 0 Å². The minimum atomic E-state index is -4.91. The maximum Gasteiger partial charge on any atom is 0.471 e. The molecule has 0 N–H and O–H groups in total. The smallest absolute Gasteiger partial charge is 0.328 e. The molecule has 0 aliphatic heterocycles. The largest absolute Gasteiger partial charge is 0.471 e. The molecular weight excluding hydrogens is 267 g/mol. The van der Waals surface area contributed by atoms with Crippen LogP contribution in [-0.2, 0) is 9.59 Å². The predicted octanol–water partition coefficient (Wildman–Crippen LogP) is 1.36. The Balaban J connectivity index is 4.42. The lowest BCUT2D eigenvalue weighted by atomic mass is 10.3. The summed E-state index contributed by atoms with van der Waals surface area (Å²) in [5, 5.41) is -0.0609. The van der Waals surface area contributed by atoms with Crippen LogP contribution in [0.15, 0.2) is 0 Å². The van der Waals surface area contributed by atoms with E-state index in [1.165, 1.54) is 6.92 Å². The highest BCUT2D eigenvalue weighted by Crippen LogP contribution is 2.18. The molecule has 14 heavy (non-hydrogen) atoms. The second kappa shape index (κ2) is 5.33. The minimum Gasteiger partial charge on any atom is -0.328 e. The zero-order chi connectivity index (χ0) is 11.4. The fourth-order valence-corrected chi connectivity index (χ4v) is 0.939. The molecule has 0 aliphatic rings. The van der Waals surface area contributed by atoms with Crippen LogP contribution in [0.1, 0.15) is 6.92 Å². The maximum atomic E-state index is 11.9. The molecule has 1 amide bonds. The fraction of sp³-hybridized carbons (Fsp3) is 0.714. The third-order valence-corrected chi connectivity index (χ3v) is 2.05. The van der Waals surface area contributed by atoms with Gasteiger partial charge in [-0.25, -0.2) is 0 Å². The summed E-state index contributed by atoms with van der Waals surface area (Å²) in [6.07, 6.45) is -4.91. The van der Waals surface area contributed by atoms with Gasteiger partial charge < -0.3 is 4.90 Å². The van der Waals surface area contributed by atoms with Crippen molar-refractivity contribution in [2.45, 2.75) is 13.1 Å². The van der Waals surface area contributed by atoms with Gasteiger partial charge in [-0.05, 0) is 6.92 Å². The van der Waals surface area contributed by atoms with Gasteiger partial charge in [0, 0.05) is 6.54 Å². The summed E-state index contributed by atoms with van der Waals surface area (Å²) in [6.45, 7) is 0.725. The van der Waals surface area contributed by atoms with E-state index in [2.05, 4.69) is 15.9 Å². The standard InChI is InChI=1S/C7H9BrF3NO2/c1-2-12(4-5(13)3-8)6(14)7(9,10)11/h2-4H2,1H3. The van der Waals surface area contributed by atoms with E-state index in [1.54, 1.807) is 0 Å². The van der Waals surface area contributed by atoms with Gasteiger partial charge in [0.15, 0.2) is 5.78 Å². The topological polar surface area (TPSA) is 37.4 Å². The van der Waals surface area contributed by atoms with Gasteiger partial charge in [0.25, 0.3) is 0 Å². The number of rotatable bonds is 4. The zero-order valence-electron chi connectivity index (χ0n) is 7.40. The number of ketones is 1. The first-order valence-electron chi connectivity index (χ1n) is 3.76. The quantitative estimate of drug-likeness (QED) is 0.727. The second-order valence-electron chi connectivity index (χ2n) is 2.49. The Kier molecular flexibility index (Phi) is 5.11. The number of nitrogens with zero attached hydrogens (tertiary/aromatic N) is 1. The van der Waals surface area contributed by atoms with Crippen molar-refractivity contribution >= 4 is 27.6 Å². The molecule has 0 atom stereocenters. The summed E-state index contributed by atoms with van der Waals surface area (Å²) in [7, 11) is 0. The molecule has 0 bridgehead atoms. The van der Waals surface area contributed by atoms with Gasteiger partial charge in [-0.15, -0.1) is 0 Å². The van der Waals surface area contributed by atoms with Gasteiger partial charge in [-0.3, -0.25) is 9.59 Å². The number of amides is 1. The molecule has 82 valence electrons. The van der Waals surface area contributed by atoms with E-state index in [9.17, 15) is 22.8 Å². The van der Waals surface area contributed by atoms with E-state index < -0.39 is 24.4 Å². The maximum absolute atomic E-state index is 11.9. The number of hydrogen-bond donors (Lipinski definition) is 0. The van der Waals surface area contributed by atoms with Crippen LogP contribution < -0.4 is 0 Å². The zero-order valence-corrected chi connectivity index (χ0v) is 8.98. The predicted molar refractivity (Wildman–Crippen MR) is 47.1 cm³/mol. The summed E-state index contributed by atoms with van der Waals surface area (Å²) < 4.78 is 35.8. The Morgan fingerprint density at radius 3 is 2.14 bits per heavy atom. The molecule has 0 saturated heterocycles. The number of Topliss-reactive ketones (excluding diaryl/α,β-unsaturated/α-hetero) is 1. The molecule has 3 nitrogen and oxygen atoms in total. The van der Waals surface area contributed by atoms with Gasteiger partial charge >= 0.3 is 12.1 Å². The van der Waals surface area contributed by atoms with Crippen molar-refractivity contribution in [3.05, 3.63) is 0 Å². The van der Waals surface area contributed by atoms with Gasteiger partial charge in [-0.2, -0.15) is 13.2 Å². The summed E-state index contributed by atoms with van der Waals surface area (Å²) in [5.74, 6) is -2.45. The highest BCUT2D eigenvalue weighted by molar-refractivity contribution is 9.09. The first-order chi connectivity index (χ1) is 6.32. The van der Waals surface area contributed by atoms with Crippen molar-refractivity contribution in [2.75, 3.05) is 18.4 Å². The molecule has 0 unspecified atom stereocenters. The number of hydrogen-bond acceptors (Lipinski definition) is 2. The van der Waals surface area contributed by atoms with Gasteiger partial charge in [0.1, 0.15) is 0 Å². The highest BCUT2D eigenvalue weighted by atomic mass is 79.9. The Morgan fingerprint density at radius 1 is 1.36 bits per heavy atom. The molecule has 0 aromatic carbocycles. The molecule has 0 aromatic heterocycles. The van der Waals surface area contributed by atoms with Crippen LogP contribution >= 0.6 is 15.9 Å². The van der Waals surface area contributed by atoms with E-state index in [1.807, 2.05) is 0 Å². The molecule has 0 aromatic rings. The van der Waals surface area contributed by atoms with Crippen molar-refractivity contribution in [1.29, 1.82) is 0 Å². The van der Waals surface area contributed by atoms with Crippen LogP contribution in [-0.4, -0.2) is 41.2 Å². The normalized spacial score (nSPS) is 11.2. The van der Waals surface area contributed by atoms with E-state index in [0.29, 0.717) is 4.90 Å². The molecule has 7 heteroatoms. The monoisotopic (exact) mass is 275 g/mol. The first-order valence-corrected chi connectivity index (χ1v) is 4.88. The number of likely N-dealkylation sites (N-methyl/N-ethyl adjacent to an activating group) is 1. The number of carbonyl (C=O) groups is 2. The first kappa shape index (κ1) is 13.4. The van der Waals surface area contributed by atoms with Crippen molar-refractivity contribution in [3.63, 3.8) is 0 Å². The molecular formula is C7H9BrF3NO2. The Hall–Kier alpha value is -0.590. The van der Waals surface area contributed by atoms with Crippen LogP contribution in [0.5, 0.6) is 0 Å². The second-order valence-corrected chi connectivity index (χ2v) is 3.05. The van der Waals surface area contributed by atoms with Gasteiger partial charge in [-0.1, -0.05) is 15.9 Å². The lowest BCUT2D eigenvalue weighted by Crippen LogP contribution is -2.43. The van der Waals surface area contributed by atoms with Gasteiger partial charge in [0.05, 0.1) is 11.9 Å². The van der Waals surface area contributed by atoms with Crippen LogP contribution in [0.2, 0.25) is 0 Å². The summed E-state index contributed by atoms with van der Waals surface area (Å²) in [4.78, 5) is 21.9. The van der Waals surface area contributed by atoms with Crippen molar-refractivity contribution in [2.24, 2.45) is 0 Å². The third-order valence-electron chi connectivity index (χ3n) is 1.43. The van der Waals surface area contributed by atoms with Crippen molar-refractivity contribution in [1.82, 2.24) is 4.90 Å². The van der Waals surface area contributed by atoms with Crippen LogP contribution in [0.25, 0.3) is 0 Å². The van der Waals surface area contributed by atoms with Crippen LogP contribution in [0.3, 0.4) is 0 Å². The summed E-state index contributed by atoms with van der Waals surface area (Å²) in [6, 6.07) is 0. The Morgan fingerprint density at radius 2 is 1.86 bits per heavy atom. The molecule has 0 radical (unpaired) electrons. The SMILES string of the molecule is CCN(CC(=O)CBr)C(=O)C(F)(F)F. The lowest BCUT2D eigenvalue weighted by molar-refractivity contribution is -0.185. The summed E-state index contributed by atoms with van der Waals surface area (Å²) in [5.41, 5.74) is 0. The molecule has 0 saturated carbocycles. The highest BCUT2D eigenvalue weighted by Gasteiger charge is 2.42. The molecule has 0 aliphatic carbocycles. The van der Waals surface area contributed by atoms with Crippen LogP contribution in [0, 0.1) is 0 Å². The van der Waals surface area contributed by atoms with Crippen molar-refractivity contribution < 1.29 is 22.8 Å². The van der Waals surface area contributed by atoms with E-state index in [-0.39, 0.29) is 11.9 Å². The molecule has 0 heterocycles. The minimum absolute atomic E-state index is 0.0609. The fourth-order valence-electron chi connectivity index (χ4n) is 0.762. The average molecular weight is 276 g/mol. The van der Waals surface area contributed by atoms with Crippen molar-refractivity contribution in [3.8, 4) is 0 Å². The van der Waals surface area contributed by atoms with E-state index in [0.717, 1.165) is 0 Å². The number of carbonyl (C=O) groups excluding carboxylic acids is 2.